The number of rotatable bonds is 3. The smallest absolute Gasteiger partial charge is 0.274 e. The van der Waals surface area contributed by atoms with Crippen molar-refractivity contribution in [1.29, 1.82) is 0 Å². The standard InChI is InChI=1S/C16H16N4O4/c21-15(18-11-1-2-13-14(9-11)24-10-23-13)12-3-4-17-16(19-12)20-5-7-22-8-6-20/h1-4,9H,5-8,10H2,(H,18,21). The molecule has 1 aromatic carbocycles. The van der Waals surface area contributed by atoms with Crippen molar-refractivity contribution in [2.75, 3.05) is 43.3 Å². The number of aromatic nitrogens is 2. The van der Waals surface area contributed by atoms with Gasteiger partial charge in [0.25, 0.3) is 5.91 Å². The van der Waals surface area contributed by atoms with E-state index in [0.29, 0.717) is 55.1 Å². The van der Waals surface area contributed by atoms with Crippen molar-refractivity contribution in [2.24, 2.45) is 0 Å². The Balaban J connectivity index is 1.50. The van der Waals surface area contributed by atoms with Gasteiger partial charge in [0.15, 0.2) is 11.5 Å². The average Bonchev–Trinajstić information content (AvgIpc) is 3.10. The Hall–Kier alpha value is -2.87. The van der Waals surface area contributed by atoms with E-state index in [4.69, 9.17) is 14.2 Å². The van der Waals surface area contributed by atoms with Gasteiger partial charge in [0, 0.05) is 31.0 Å². The van der Waals surface area contributed by atoms with E-state index in [1.54, 1.807) is 30.5 Å². The van der Waals surface area contributed by atoms with Crippen molar-refractivity contribution in [3.63, 3.8) is 0 Å². The minimum atomic E-state index is -0.300. The summed E-state index contributed by atoms with van der Waals surface area (Å²) < 4.78 is 15.9. The van der Waals surface area contributed by atoms with Gasteiger partial charge >= 0.3 is 0 Å². The number of nitrogens with zero attached hydrogens (tertiary/aromatic N) is 3. The van der Waals surface area contributed by atoms with Gasteiger partial charge < -0.3 is 24.4 Å². The second kappa shape index (κ2) is 6.32. The molecule has 8 nitrogen and oxygen atoms in total. The molecule has 2 aliphatic heterocycles. The number of nitrogens with one attached hydrogen (secondary N) is 1. The third kappa shape index (κ3) is 2.95. The summed E-state index contributed by atoms with van der Waals surface area (Å²) in [7, 11) is 0. The van der Waals surface area contributed by atoms with E-state index < -0.39 is 0 Å². The molecule has 1 aromatic heterocycles. The molecule has 0 atom stereocenters. The van der Waals surface area contributed by atoms with Crippen molar-refractivity contribution in [3.05, 3.63) is 36.2 Å². The molecular weight excluding hydrogens is 312 g/mol. The number of morpholine rings is 1. The van der Waals surface area contributed by atoms with Crippen LogP contribution in [0.4, 0.5) is 11.6 Å². The molecule has 2 aromatic rings. The number of hydrogen-bond donors (Lipinski definition) is 1. The summed E-state index contributed by atoms with van der Waals surface area (Å²) in [6.45, 7) is 2.90. The lowest BCUT2D eigenvalue weighted by Gasteiger charge is -2.26. The monoisotopic (exact) mass is 328 g/mol. The van der Waals surface area contributed by atoms with Crippen LogP contribution in [0.1, 0.15) is 10.5 Å². The molecule has 0 saturated carbocycles. The highest BCUT2D eigenvalue weighted by molar-refractivity contribution is 6.03. The molecule has 0 spiro atoms. The first-order chi connectivity index (χ1) is 11.8. The fourth-order valence-electron chi connectivity index (χ4n) is 2.56. The molecule has 1 saturated heterocycles. The van der Waals surface area contributed by atoms with Crippen molar-refractivity contribution < 1.29 is 19.0 Å². The number of amides is 1. The molecule has 1 amide bonds. The zero-order chi connectivity index (χ0) is 16.4. The van der Waals surface area contributed by atoms with Crippen LogP contribution in [0.5, 0.6) is 11.5 Å². The lowest BCUT2D eigenvalue weighted by atomic mass is 10.2. The molecule has 124 valence electrons. The molecule has 4 rings (SSSR count). The third-order valence-corrected chi connectivity index (χ3v) is 3.80. The Labute approximate surface area is 138 Å². The Kier molecular flexibility index (Phi) is 3.87. The third-order valence-electron chi connectivity index (χ3n) is 3.80. The van der Waals surface area contributed by atoms with E-state index in [-0.39, 0.29) is 12.7 Å². The molecule has 1 fully saturated rings. The van der Waals surface area contributed by atoms with Gasteiger partial charge in [-0.2, -0.15) is 0 Å². The number of fused-ring (bicyclic) bond motifs is 1. The van der Waals surface area contributed by atoms with Gasteiger partial charge in [0.1, 0.15) is 5.69 Å². The largest absolute Gasteiger partial charge is 0.454 e. The second-order valence-electron chi connectivity index (χ2n) is 5.36. The molecule has 0 unspecified atom stereocenters. The summed E-state index contributed by atoms with van der Waals surface area (Å²) in [5.74, 6) is 1.52. The van der Waals surface area contributed by atoms with Crippen LogP contribution in [0.15, 0.2) is 30.5 Å². The van der Waals surface area contributed by atoms with Crippen LogP contribution in [0.25, 0.3) is 0 Å². The predicted molar refractivity (Wildman–Crippen MR) is 85.6 cm³/mol. The van der Waals surface area contributed by atoms with Crippen molar-refractivity contribution in [2.45, 2.75) is 0 Å². The molecule has 0 bridgehead atoms. The Morgan fingerprint density at radius 2 is 1.96 bits per heavy atom. The number of carbonyl (C=O) groups is 1. The normalized spacial score (nSPS) is 16.1. The van der Waals surface area contributed by atoms with Gasteiger partial charge in [-0.25, -0.2) is 9.97 Å². The molecule has 0 aliphatic carbocycles. The topological polar surface area (TPSA) is 85.8 Å². The second-order valence-corrected chi connectivity index (χ2v) is 5.36. The zero-order valence-corrected chi connectivity index (χ0v) is 12.9. The lowest BCUT2D eigenvalue weighted by molar-refractivity contribution is 0.102. The van der Waals surface area contributed by atoms with Crippen LogP contribution >= 0.6 is 0 Å². The fourth-order valence-corrected chi connectivity index (χ4v) is 2.56. The number of anilines is 2. The van der Waals surface area contributed by atoms with Gasteiger partial charge in [0.05, 0.1) is 13.2 Å². The first kappa shape index (κ1) is 14.7. The first-order valence-electron chi connectivity index (χ1n) is 7.66. The highest BCUT2D eigenvalue weighted by atomic mass is 16.7. The quantitative estimate of drug-likeness (QED) is 0.908. The van der Waals surface area contributed by atoms with Crippen molar-refractivity contribution in [1.82, 2.24) is 9.97 Å². The maximum atomic E-state index is 12.4. The Morgan fingerprint density at radius 1 is 1.12 bits per heavy atom. The summed E-state index contributed by atoms with van der Waals surface area (Å²) in [4.78, 5) is 23.0. The molecule has 8 heteroatoms. The first-order valence-corrected chi connectivity index (χ1v) is 7.66. The zero-order valence-electron chi connectivity index (χ0n) is 12.9. The van der Waals surface area contributed by atoms with Crippen LogP contribution in [0, 0.1) is 0 Å². The summed E-state index contributed by atoms with van der Waals surface area (Å²) in [5.41, 5.74) is 0.931. The summed E-state index contributed by atoms with van der Waals surface area (Å²) in [6, 6.07) is 6.84. The van der Waals surface area contributed by atoms with Gasteiger partial charge in [-0.1, -0.05) is 0 Å². The van der Waals surface area contributed by atoms with Crippen molar-refractivity contribution >= 4 is 17.5 Å². The highest BCUT2D eigenvalue weighted by Gasteiger charge is 2.18. The molecule has 0 radical (unpaired) electrons. The highest BCUT2D eigenvalue weighted by Crippen LogP contribution is 2.34. The minimum absolute atomic E-state index is 0.196. The molecule has 2 aliphatic rings. The average molecular weight is 328 g/mol. The van der Waals surface area contributed by atoms with Gasteiger partial charge in [0.2, 0.25) is 12.7 Å². The lowest BCUT2D eigenvalue weighted by Crippen LogP contribution is -2.37. The maximum absolute atomic E-state index is 12.4. The molecule has 3 heterocycles. The van der Waals surface area contributed by atoms with Crippen LogP contribution in [-0.2, 0) is 4.74 Å². The number of hydrogen-bond acceptors (Lipinski definition) is 7. The summed E-state index contributed by atoms with van der Waals surface area (Å²) in [5, 5.41) is 2.81. The Morgan fingerprint density at radius 3 is 2.83 bits per heavy atom. The number of benzene rings is 1. The van der Waals surface area contributed by atoms with E-state index in [1.165, 1.54) is 0 Å². The maximum Gasteiger partial charge on any atom is 0.274 e. The SMILES string of the molecule is O=C(Nc1ccc2c(c1)OCO2)c1ccnc(N2CCOCC2)n1. The van der Waals surface area contributed by atoms with Gasteiger partial charge in [-0.05, 0) is 18.2 Å². The van der Waals surface area contributed by atoms with Crippen LogP contribution in [0.2, 0.25) is 0 Å². The van der Waals surface area contributed by atoms with E-state index in [9.17, 15) is 4.79 Å². The fraction of sp³-hybridized carbons (Fsp3) is 0.312. The molecule has 24 heavy (non-hydrogen) atoms. The van der Waals surface area contributed by atoms with Gasteiger partial charge in [-0.15, -0.1) is 0 Å². The number of carbonyl (C=O) groups excluding carboxylic acids is 1. The van der Waals surface area contributed by atoms with Gasteiger partial charge in [-0.3, -0.25) is 4.79 Å². The van der Waals surface area contributed by atoms with E-state index >= 15 is 0 Å². The van der Waals surface area contributed by atoms with E-state index in [2.05, 4.69) is 15.3 Å². The minimum Gasteiger partial charge on any atom is -0.454 e. The summed E-state index contributed by atoms with van der Waals surface area (Å²) >= 11 is 0. The van der Waals surface area contributed by atoms with Crippen LogP contribution < -0.4 is 19.7 Å². The number of ether oxygens (including phenoxy) is 3. The van der Waals surface area contributed by atoms with Crippen LogP contribution in [0.3, 0.4) is 0 Å². The predicted octanol–water partition coefficient (Wildman–Crippen LogP) is 1.29. The van der Waals surface area contributed by atoms with E-state index in [0.717, 1.165) is 0 Å². The van der Waals surface area contributed by atoms with Crippen LogP contribution in [-0.4, -0.2) is 49.0 Å². The summed E-state index contributed by atoms with van der Waals surface area (Å²) in [6.07, 6.45) is 1.59. The van der Waals surface area contributed by atoms with Crippen molar-refractivity contribution in [3.8, 4) is 11.5 Å². The van der Waals surface area contributed by atoms with E-state index in [1.807, 2.05) is 4.90 Å². The molecular formula is C16H16N4O4. The molecule has 1 N–H and O–H groups in total. The Bertz CT molecular complexity index is 761.